The molecule has 2 aromatic carbocycles. The summed E-state index contributed by atoms with van der Waals surface area (Å²) in [6.45, 7) is 5.75. The Labute approximate surface area is 129 Å². The molecule has 1 amide bonds. The van der Waals surface area contributed by atoms with Crippen molar-refractivity contribution in [2.75, 3.05) is 5.32 Å². The van der Waals surface area contributed by atoms with Crippen LogP contribution in [-0.4, -0.2) is 10.9 Å². The number of nitrogens with zero attached hydrogens (tertiary/aromatic N) is 1. The number of rotatable bonds is 3. The first-order valence-corrected chi connectivity index (χ1v) is 7.32. The normalized spacial score (nSPS) is 11.1. The predicted molar refractivity (Wildman–Crippen MR) is 87.6 cm³/mol. The van der Waals surface area contributed by atoms with Crippen LogP contribution < -0.4 is 5.32 Å². The van der Waals surface area contributed by atoms with Gasteiger partial charge in [0.2, 0.25) is 11.8 Å². The van der Waals surface area contributed by atoms with Gasteiger partial charge in [-0.1, -0.05) is 32.0 Å². The molecule has 1 heterocycles. The third-order valence-corrected chi connectivity index (χ3v) is 3.56. The zero-order valence-corrected chi connectivity index (χ0v) is 12.9. The summed E-state index contributed by atoms with van der Waals surface area (Å²) in [6, 6.07) is 13.5. The molecule has 4 heteroatoms. The maximum atomic E-state index is 11.8. The molecule has 0 unspecified atom stereocenters. The third-order valence-electron chi connectivity index (χ3n) is 3.56. The van der Waals surface area contributed by atoms with Crippen molar-refractivity contribution in [3.05, 3.63) is 48.0 Å². The van der Waals surface area contributed by atoms with E-state index in [2.05, 4.69) is 10.3 Å². The Balaban J connectivity index is 1.97. The van der Waals surface area contributed by atoms with Crippen molar-refractivity contribution in [1.29, 1.82) is 0 Å². The Kier molecular flexibility index (Phi) is 3.67. The standard InChI is InChI=1S/C18H18N2O2/c1-11(2)17(21)19-13-8-9-15-16(10-13)22-18(20-15)14-7-5-4-6-12(14)3/h4-11H,1-3H3,(H,19,21). The van der Waals surface area contributed by atoms with E-state index in [1.54, 1.807) is 0 Å². The SMILES string of the molecule is Cc1ccccc1-c1nc2ccc(NC(=O)C(C)C)cc2o1. The predicted octanol–water partition coefficient (Wildman–Crippen LogP) is 4.40. The largest absolute Gasteiger partial charge is 0.436 e. The quantitative estimate of drug-likeness (QED) is 0.779. The lowest BCUT2D eigenvalue weighted by atomic mass is 10.1. The second-order valence-electron chi connectivity index (χ2n) is 5.66. The summed E-state index contributed by atoms with van der Waals surface area (Å²) in [6.07, 6.45) is 0. The van der Waals surface area contributed by atoms with Gasteiger partial charge in [-0.15, -0.1) is 0 Å². The molecular weight excluding hydrogens is 276 g/mol. The van der Waals surface area contributed by atoms with E-state index < -0.39 is 0 Å². The number of nitrogens with one attached hydrogen (secondary N) is 1. The number of hydrogen-bond donors (Lipinski definition) is 1. The fraction of sp³-hybridized carbons (Fsp3) is 0.222. The van der Waals surface area contributed by atoms with Crippen LogP contribution in [0.3, 0.4) is 0 Å². The van der Waals surface area contributed by atoms with Gasteiger partial charge in [0.25, 0.3) is 0 Å². The topological polar surface area (TPSA) is 55.1 Å². The molecule has 22 heavy (non-hydrogen) atoms. The average Bonchev–Trinajstić information content (AvgIpc) is 2.90. The molecule has 0 spiro atoms. The van der Waals surface area contributed by atoms with Crippen molar-refractivity contribution >= 4 is 22.7 Å². The fourth-order valence-corrected chi connectivity index (χ4v) is 2.22. The van der Waals surface area contributed by atoms with Crippen LogP contribution in [0.1, 0.15) is 19.4 Å². The summed E-state index contributed by atoms with van der Waals surface area (Å²) in [5, 5.41) is 2.87. The first kappa shape index (κ1) is 14.3. The molecule has 3 rings (SSSR count). The third kappa shape index (κ3) is 2.72. The maximum Gasteiger partial charge on any atom is 0.227 e. The highest BCUT2D eigenvalue weighted by atomic mass is 16.3. The molecule has 0 atom stereocenters. The second-order valence-corrected chi connectivity index (χ2v) is 5.66. The summed E-state index contributed by atoms with van der Waals surface area (Å²) >= 11 is 0. The number of anilines is 1. The molecule has 0 saturated heterocycles. The zero-order chi connectivity index (χ0) is 15.7. The molecule has 4 nitrogen and oxygen atoms in total. The highest BCUT2D eigenvalue weighted by Crippen LogP contribution is 2.28. The smallest absolute Gasteiger partial charge is 0.227 e. The number of aromatic nitrogens is 1. The van der Waals surface area contributed by atoms with E-state index in [4.69, 9.17) is 4.42 Å². The van der Waals surface area contributed by atoms with Crippen LogP contribution in [0.25, 0.3) is 22.6 Å². The van der Waals surface area contributed by atoms with E-state index in [9.17, 15) is 4.79 Å². The van der Waals surface area contributed by atoms with E-state index in [0.29, 0.717) is 11.5 Å². The van der Waals surface area contributed by atoms with Crippen LogP contribution in [0.4, 0.5) is 5.69 Å². The number of benzene rings is 2. The van der Waals surface area contributed by atoms with Crippen molar-refractivity contribution in [3.63, 3.8) is 0 Å². The lowest BCUT2D eigenvalue weighted by Crippen LogP contribution is -2.17. The lowest BCUT2D eigenvalue weighted by Gasteiger charge is -2.06. The summed E-state index contributed by atoms with van der Waals surface area (Å²) in [5.74, 6) is 0.520. The zero-order valence-electron chi connectivity index (χ0n) is 12.9. The number of carbonyl (C=O) groups is 1. The van der Waals surface area contributed by atoms with Crippen LogP contribution in [-0.2, 0) is 4.79 Å². The Morgan fingerprint density at radius 1 is 1.18 bits per heavy atom. The first-order valence-electron chi connectivity index (χ1n) is 7.32. The molecule has 112 valence electrons. The number of aryl methyl sites for hydroxylation is 1. The molecule has 0 aliphatic heterocycles. The Bertz CT molecular complexity index is 834. The van der Waals surface area contributed by atoms with Crippen molar-refractivity contribution < 1.29 is 9.21 Å². The Morgan fingerprint density at radius 2 is 1.95 bits per heavy atom. The van der Waals surface area contributed by atoms with Gasteiger partial charge in [0.1, 0.15) is 5.52 Å². The first-order chi connectivity index (χ1) is 10.5. The average molecular weight is 294 g/mol. The highest BCUT2D eigenvalue weighted by molar-refractivity contribution is 5.94. The van der Waals surface area contributed by atoms with Crippen LogP contribution in [0.5, 0.6) is 0 Å². The number of fused-ring (bicyclic) bond motifs is 1. The molecule has 0 radical (unpaired) electrons. The highest BCUT2D eigenvalue weighted by Gasteiger charge is 2.12. The number of hydrogen-bond acceptors (Lipinski definition) is 3. The Morgan fingerprint density at radius 3 is 2.68 bits per heavy atom. The monoisotopic (exact) mass is 294 g/mol. The van der Waals surface area contributed by atoms with Gasteiger partial charge in [-0.05, 0) is 30.7 Å². The second kappa shape index (κ2) is 5.64. The van der Waals surface area contributed by atoms with Crippen molar-refractivity contribution in [1.82, 2.24) is 4.98 Å². The van der Waals surface area contributed by atoms with Crippen LogP contribution in [0.15, 0.2) is 46.9 Å². The molecular formula is C18H18N2O2. The summed E-state index contributed by atoms with van der Waals surface area (Å²) < 4.78 is 5.86. The summed E-state index contributed by atoms with van der Waals surface area (Å²) in [7, 11) is 0. The van der Waals surface area contributed by atoms with Crippen molar-refractivity contribution in [2.45, 2.75) is 20.8 Å². The fourth-order valence-electron chi connectivity index (χ4n) is 2.22. The number of amides is 1. The minimum atomic E-state index is -0.0621. The van der Waals surface area contributed by atoms with E-state index >= 15 is 0 Å². The van der Waals surface area contributed by atoms with Gasteiger partial charge >= 0.3 is 0 Å². The lowest BCUT2D eigenvalue weighted by molar-refractivity contribution is -0.118. The van der Waals surface area contributed by atoms with E-state index in [1.807, 2.05) is 63.2 Å². The van der Waals surface area contributed by atoms with E-state index in [-0.39, 0.29) is 11.8 Å². The van der Waals surface area contributed by atoms with E-state index in [0.717, 1.165) is 22.3 Å². The number of oxazole rings is 1. The van der Waals surface area contributed by atoms with Crippen LogP contribution in [0.2, 0.25) is 0 Å². The molecule has 0 saturated carbocycles. The van der Waals surface area contributed by atoms with Crippen molar-refractivity contribution in [2.24, 2.45) is 5.92 Å². The van der Waals surface area contributed by atoms with Gasteiger partial charge in [0.05, 0.1) is 0 Å². The van der Waals surface area contributed by atoms with Crippen molar-refractivity contribution in [3.8, 4) is 11.5 Å². The Hall–Kier alpha value is -2.62. The van der Waals surface area contributed by atoms with Crippen LogP contribution >= 0.6 is 0 Å². The van der Waals surface area contributed by atoms with Gasteiger partial charge in [-0.3, -0.25) is 4.79 Å². The van der Waals surface area contributed by atoms with Gasteiger partial charge < -0.3 is 9.73 Å². The minimum absolute atomic E-state index is 0.0157. The molecule has 0 aliphatic carbocycles. The molecule has 1 N–H and O–H groups in total. The van der Waals surface area contributed by atoms with Gasteiger partial charge in [-0.25, -0.2) is 4.98 Å². The number of carbonyl (C=O) groups excluding carboxylic acids is 1. The molecule has 0 bridgehead atoms. The van der Waals surface area contributed by atoms with Crippen LogP contribution in [0, 0.1) is 12.8 Å². The summed E-state index contributed by atoms with van der Waals surface area (Å²) in [4.78, 5) is 16.3. The molecule has 0 aliphatic rings. The van der Waals surface area contributed by atoms with Gasteiger partial charge in [0.15, 0.2) is 5.58 Å². The molecule has 1 aromatic heterocycles. The van der Waals surface area contributed by atoms with Gasteiger partial charge in [0, 0.05) is 23.2 Å². The minimum Gasteiger partial charge on any atom is -0.436 e. The van der Waals surface area contributed by atoms with Gasteiger partial charge in [-0.2, -0.15) is 0 Å². The molecule has 3 aromatic rings. The van der Waals surface area contributed by atoms with E-state index in [1.165, 1.54) is 0 Å². The molecule has 0 fully saturated rings. The maximum absolute atomic E-state index is 11.8. The summed E-state index contributed by atoms with van der Waals surface area (Å²) in [5.41, 5.74) is 4.26.